The van der Waals surface area contributed by atoms with E-state index in [1.165, 1.54) is 24.7 Å². The lowest BCUT2D eigenvalue weighted by atomic mass is 10.2. The van der Waals surface area contributed by atoms with Gasteiger partial charge in [0.05, 0.1) is 17.4 Å². The van der Waals surface area contributed by atoms with Crippen LogP contribution in [0.1, 0.15) is 0 Å². The van der Waals surface area contributed by atoms with E-state index in [-0.39, 0.29) is 21.8 Å². The molecule has 0 unspecified atom stereocenters. The van der Waals surface area contributed by atoms with Crippen LogP contribution in [0, 0.1) is 0 Å². The van der Waals surface area contributed by atoms with Gasteiger partial charge in [-0.1, -0.05) is 12.1 Å². The highest BCUT2D eigenvalue weighted by molar-refractivity contribution is 7.92. The molecular weight excluding hydrogens is 292 g/mol. The van der Waals surface area contributed by atoms with Crippen molar-refractivity contribution in [3.63, 3.8) is 0 Å². The van der Waals surface area contributed by atoms with Gasteiger partial charge in [0.2, 0.25) is 0 Å². The Bertz CT molecular complexity index is 952. The van der Waals surface area contributed by atoms with Gasteiger partial charge in [-0.25, -0.2) is 9.97 Å². The molecule has 3 rings (SSSR count). The summed E-state index contributed by atoms with van der Waals surface area (Å²) in [6.45, 7) is 0. The van der Waals surface area contributed by atoms with Crippen molar-refractivity contribution in [2.24, 2.45) is 0 Å². The van der Waals surface area contributed by atoms with Crippen molar-refractivity contribution in [2.75, 3.05) is 4.72 Å². The first kappa shape index (κ1) is 13.3. The van der Waals surface area contributed by atoms with Gasteiger partial charge < -0.3 is 4.98 Å². The molecule has 0 aliphatic heterocycles. The van der Waals surface area contributed by atoms with E-state index in [2.05, 4.69) is 19.7 Å². The molecule has 0 atom stereocenters. The fourth-order valence-corrected chi connectivity index (χ4v) is 2.90. The number of hydrogen-bond donors (Lipinski definition) is 2. The van der Waals surface area contributed by atoms with E-state index in [1.807, 2.05) is 0 Å². The Hall–Kier alpha value is -2.74. The smallest absolute Gasteiger partial charge is 0.279 e. The van der Waals surface area contributed by atoms with Crippen LogP contribution in [0.15, 0.2) is 58.7 Å². The van der Waals surface area contributed by atoms with Crippen LogP contribution < -0.4 is 10.3 Å². The predicted octanol–water partition coefficient (Wildman–Crippen LogP) is 1.12. The maximum Gasteiger partial charge on any atom is 0.279 e. The van der Waals surface area contributed by atoms with Crippen LogP contribution in [0.4, 0.5) is 5.69 Å². The quantitative estimate of drug-likeness (QED) is 0.754. The third-order valence-corrected chi connectivity index (χ3v) is 4.11. The van der Waals surface area contributed by atoms with E-state index in [0.717, 1.165) is 0 Å². The summed E-state index contributed by atoms with van der Waals surface area (Å²) in [6.07, 6.45) is 2.61. The molecule has 3 aromatic rings. The first-order valence-corrected chi connectivity index (χ1v) is 7.46. The van der Waals surface area contributed by atoms with E-state index < -0.39 is 10.0 Å². The number of aromatic nitrogens is 3. The normalized spacial score (nSPS) is 11.4. The lowest BCUT2D eigenvalue weighted by molar-refractivity contribution is 0.597. The molecule has 7 nitrogen and oxygen atoms in total. The van der Waals surface area contributed by atoms with Crippen molar-refractivity contribution in [2.45, 2.75) is 5.03 Å². The average molecular weight is 302 g/mol. The van der Waals surface area contributed by atoms with Crippen molar-refractivity contribution in [3.8, 4) is 0 Å². The van der Waals surface area contributed by atoms with Gasteiger partial charge in [0, 0.05) is 6.20 Å². The van der Waals surface area contributed by atoms with E-state index >= 15 is 0 Å². The van der Waals surface area contributed by atoms with Crippen LogP contribution in [-0.2, 0) is 10.0 Å². The Kier molecular flexibility index (Phi) is 3.15. The number of aromatic amines is 1. The minimum Gasteiger partial charge on any atom is -0.313 e. The summed E-state index contributed by atoms with van der Waals surface area (Å²) in [6, 6.07) is 9.27. The van der Waals surface area contributed by atoms with Gasteiger partial charge in [-0.15, -0.1) is 0 Å². The number of rotatable bonds is 3. The third-order valence-electron chi connectivity index (χ3n) is 2.83. The number of benzene rings is 1. The number of pyridine rings is 1. The average Bonchev–Trinajstić information content (AvgIpc) is 2.49. The molecular formula is C13H10N4O3S. The van der Waals surface area contributed by atoms with Gasteiger partial charge in [-0.2, -0.15) is 8.42 Å². The molecule has 0 radical (unpaired) electrons. The van der Waals surface area contributed by atoms with Crippen molar-refractivity contribution < 1.29 is 8.42 Å². The molecule has 0 spiro atoms. The highest BCUT2D eigenvalue weighted by Gasteiger charge is 2.17. The standard InChI is InChI=1S/C13H10N4O3S/c18-13-9-4-3-5-10(12(9)15-8-16-13)17-21(19,20)11-6-1-2-7-14-11/h1-8,17H,(H,15,16,18). The number of hydrogen-bond acceptors (Lipinski definition) is 5. The molecule has 0 saturated heterocycles. The van der Waals surface area contributed by atoms with E-state index in [0.29, 0.717) is 5.39 Å². The van der Waals surface area contributed by atoms with Crippen molar-refractivity contribution in [1.29, 1.82) is 0 Å². The second-order valence-electron chi connectivity index (χ2n) is 4.21. The number of anilines is 1. The molecule has 8 heteroatoms. The van der Waals surface area contributed by atoms with Crippen LogP contribution in [0.3, 0.4) is 0 Å². The lowest BCUT2D eigenvalue weighted by Crippen LogP contribution is -2.15. The van der Waals surface area contributed by atoms with Gasteiger partial charge in [0.15, 0.2) is 5.03 Å². The van der Waals surface area contributed by atoms with Crippen LogP contribution >= 0.6 is 0 Å². The first-order valence-electron chi connectivity index (χ1n) is 5.98. The zero-order valence-corrected chi connectivity index (χ0v) is 11.5. The highest BCUT2D eigenvalue weighted by Crippen LogP contribution is 2.21. The molecule has 21 heavy (non-hydrogen) atoms. The number of H-pyrrole nitrogens is 1. The van der Waals surface area contributed by atoms with Crippen LogP contribution in [-0.4, -0.2) is 23.4 Å². The lowest BCUT2D eigenvalue weighted by Gasteiger charge is -2.08. The Morgan fingerprint density at radius 3 is 2.67 bits per heavy atom. The van der Waals surface area contributed by atoms with Gasteiger partial charge in [0.1, 0.15) is 5.52 Å². The Morgan fingerprint density at radius 1 is 1.05 bits per heavy atom. The van der Waals surface area contributed by atoms with Crippen molar-refractivity contribution in [1.82, 2.24) is 15.0 Å². The van der Waals surface area contributed by atoms with E-state index in [4.69, 9.17) is 0 Å². The van der Waals surface area contributed by atoms with E-state index in [9.17, 15) is 13.2 Å². The molecule has 0 amide bonds. The maximum atomic E-state index is 12.2. The van der Waals surface area contributed by atoms with Crippen LogP contribution in [0.2, 0.25) is 0 Å². The number of nitrogens with zero attached hydrogens (tertiary/aromatic N) is 2. The second kappa shape index (κ2) is 4.98. The summed E-state index contributed by atoms with van der Waals surface area (Å²) in [4.78, 5) is 21.9. The predicted molar refractivity (Wildman–Crippen MR) is 77.4 cm³/mol. The summed E-state index contributed by atoms with van der Waals surface area (Å²) in [5.41, 5.74) is 0.170. The van der Waals surface area contributed by atoms with Gasteiger partial charge in [-0.05, 0) is 24.3 Å². The Morgan fingerprint density at radius 2 is 1.90 bits per heavy atom. The third kappa shape index (κ3) is 2.48. The van der Waals surface area contributed by atoms with Gasteiger partial charge in [0.25, 0.3) is 15.6 Å². The maximum absolute atomic E-state index is 12.2. The Labute approximate surface area is 119 Å². The SMILES string of the molecule is O=c1[nH]cnc2c(NS(=O)(=O)c3ccccn3)cccc12. The molecule has 0 bridgehead atoms. The first-order chi connectivity index (χ1) is 10.1. The molecule has 0 saturated carbocycles. The summed E-state index contributed by atoms with van der Waals surface area (Å²) >= 11 is 0. The number of nitrogens with one attached hydrogen (secondary N) is 2. The largest absolute Gasteiger partial charge is 0.313 e. The molecule has 1 aromatic carbocycles. The fourth-order valence-electron chi connectivity index (χ4n) is 1.88. The summed E-state index contributed by atoms with van der Waals surface area (Å²) in [7, 11) is -3.83. The van der Waals surface area contributed by atoms with Crippen molar-refractivity contribution in [3.05, 3.63) is 59.3 Å². The summed E-state index contributed by atoms with van der Waals surface area (Å²) in [5.74, 6) is 0. The summed E-state index contributed by atoms with van der Waals surface area (Å²) < 4.78 is 26.9. The van der Waals surface area contributed by atoms with Crippen LogP contribution in [0.25, 0.3) is 10.9 Å². The van der Waals surface area contributed by atoms with Gasteiger partial charge in [-0.3, -0.25) is 9.52 Å². The molecule has 106 valence electrons. The number of sulfonamides is 1. The van der Waals surface area contributed by atoms with Crippen molar-refractivity contribution >= 4 is 26.6 Å². The van der Waals surface area contributed by atoms with Gasteiger partial charge >= 0.3 is 0 Å². The molecule has 0 fully saturated rings. The minimum absolute atomic E-state index is 0.105. The van der Waals surface area contributed by atoms with E-state index in [1.54, 1.807) is 24.3 Å². The minimum atomic E-state index is -3.83. The topological polar surface area (TPSA) is 105 Å². The molecule has 2 heterocycles. The second-order valence-corrected chi connectivity index (χ2v) is 5.84. The monoisotopic (exact) mass is 302 g/mol. The molecule has 2 aromatic heterocycles. The molecule has 0 aliphatic rings. The van der Waals surface area contributed by atoms with Crippen LogP contribution in [0.5, 0.6) is 0 Å². The zero-order valence-electron chi connectivity index (χ0n) is 10.6. The number of para-hydroxylation sites is 1. The highest BCUT2D eigenvalue weighted by atomic mass is 32.2. The molecule has 2 N–H and O–H groups in total. The summed E-state index contributed by atoms with van der Waals surface area (Å²) in [5, 5.41) is 0.200. The zero-order chi connectivity index (χ0) is 14.9. The Balaban J connectivity index is 2.11. The molecule has 0 aliphatic carbocycles. The number of fused-ring (bicyclic) bond motifs is 1. The fraction of sp³-hybridized carbons (Fsp3) is 0.